The van der Waals surface area contributed by atoms with Crippen molar-refractivity contribution < 1.29 is 4.79 Å². The van der Waals surface area contributed by atoms with Gasteiger partial charge in [0.1, 0.15) is 13.1 Å². The third-order valence-corrected chi connectivity index (χ3v) is 2.95. The molecule has 4 nitrogen and oxygen atoms in total. The standard InChI is InChI=1S/C12H9Cl2N3O/c13-10-2-1-9(7-11(10)14)8-12(18)17(5-3-15)6-4-16/h1-2,7H,5-6,8H2. The summed E-state index contributed by atoms with van der Waals surface area (Å²) in [6, 6.07) is 8.58. The zero-order valence-electron chi connectivity index (χ0n) is 9.36. The molecule has 1 rings (SSSR count). The van der Waals surface area contributed by atoms with Crippen LogP contribution in [0.25, 0.3) is 0 Å². The predicted octanol–water partition coefficient (Wildman–Crippen LogP) is 2.41. The lowest BCUT2D eigenvalue weighted by Crippen LogP contribution is -2.33. The van der Waals surface area contributed by atoms with Crippen LogP contribution in [0.4, 0.5) is 0 Å². The first-order valence-electron chi connectivity index (χ1n) is 5.04. The van der Waals surface area contributed by atoms with Gasteiger partial charge in [-0.25, -0.2) is 0 Å². The van der Waals surface area contributed by atoms with Crippen LogP contribution in [0.5, 0.6) is 0 Å². The van der Waals surface area contributed by atoms with E-state index < -0.39 is 0 Å². The second-order valence-electron chi connectivity index (χ2n) is 3.49. The summed E-state index contributed by atoms with van der Waals surface area (Å²) in [5, 5.41) is 17.9. The van der Waals surface area contributed by atoms with Gasteiger partial charge in [0.25, 0.3) is 0 Å². The third-order valence-electron chi connectivity index (χ3n) is 2.22. The Labute approximate surface area is 115 Å². The van der Waals surface area contributed by atoms with Crippen LogP contribution in [-0.2, 0) is 11.2 Å². The second kappa shape index (κ2) is 6.86. The smallest absolute Gasteiger partial charge is 0.228 e. The van der Waals surface area contributed by atoms with Crippen LogP contribution in [0.1, 0.15) is 5.56 Å². The Morgan fingerprint density at radius 1 is 1.17 bits per heavy atom. The number of carbonyl (C=O) groups is 1. The monoisotopic (exact) mass is 281 g/mol. The highest BCUT2D eigenvalue weighted by Crippen LogP contribution is 2.22. The van der Waals surface area contributed by atoms with E-state index in [1.807, 2.05) is 12.1 Å². The molecule has 1 amide bonds. The number of halogens is 2. The molecule has 1 aromatic carbocycles. The molecule has 92 valence electrons. The molecule has 0 aromatic heterocycles. The van der Waals surface area contributed by atoms with Crippen LogP contribution in [0.15, 0.2) is 18.2 Å². The molecular formula is C12H9Cl2N3O. The molecule has 0 saturated heterocycles. The maximum atomic E-state index is 11.8. The highest BCUT2D eigenvalue weighted by molar-refractivity contribution is 6.42. The summed E-state index contributed by atoms with van der Waals surface area (Å²) < 4.78 is 0. The average Bonchev–Trinajstić information content (AvgIpc) is 2.33. The highest BCUT2D eigenvalue weighted by atomic mass is 35.5. The first-order valence-corrected chi connectivity index (χ1v) is 5.79. The van der Waals surface area contributed by atoms with Gasteiger partial charge < -0.3 is 4.90 Å². The van der Waals surface area contributed by atoms with E-state index in [4.69, 9.17) is 33.7 Å². The number of benzene rings is 1. The molecular weight excluding hydrogens is 273 g/mol. The molecule has 0 aliphatic carbocycles. The van der Waals surface area contributed by atoms with Gasteiger partial charge in [0, 0.05) is 0 Å². The van der Waals surface area contributed by atoms with E-state index in [-0.39, 0.29) is 25.4 Å². The largest absolute Gasteiger partial charge is 0.316 e. The van der Waals surface area contributed by atoms with Crippen LogP contribution in [-0.4, -0.2) is 23.9 Å². The van der Waals surface area contributed by atoms with Crippen molar-refractivity contribution in [2.45, 2.75) is 6.42 Å². The number of carbonyl (C=O) groups excluding carboxylic acids is 1. The van der Waals surface area contributed by atoms with Crippen molar-refractivity contribution in [3.05, 3.63) is 33.8 Å². The van der Waals surface area contributed by atoms with Gasteiger partial charge in [-0.15, -0.1) is 0 Å². The van der Waals surface area contributed by atoms with Gasteiger partial charge in [-0.3, -0.25) is 4.79 Å². The lowest BCUT2D eigenvalue weighted by Gasteiger charge is -2.15. The molecule has 0 bridgehead atoms. The minimum atomic E-state index is -0.295. The molecule has 0 fully saturated rings. The number of hydrogen-bond acceptors (Lipinski definition) is 3. The zero-order chi connectivity index (χ0) is 13.5. The van der Waals surface area contributed by atoms with E-state index >= 15 is 0 Å². The van der Waals surface area contributed by atoms with E-state index in [1.54, 1.807) is 18.2 Å². The van der Waals surface area contributed by atoms with E-state index in [2.05, 4.69) is 0 Å². The molecule has 0 N–H and O–H groups in total. The highest BCUT2D eigenvalue weighted by Gasteiger charge is 2.13. The molecule has 0 heterocycles. The van der Waals surface area contributed by atoms with Crippen LogP contribution in [0, 0.1) is 22.7 Å². The van der Waals surface area contributed by atoms with E-state index in [1.165, 1.54) is 4.90 Å². The molecule has 0 spiro atoms. The van der Waals surface area contributed by atoms with Crippen LogP contribution in [0.2, 0.25) is 10.0 Å². The molecule has 1 aromatic rings. The topological polar surface area (TPSA) is 67.9 Å². The summed E-state index contributed by atoms with van der Waals surface area (Å²) in [6.45, 7) is -0.207. The number of rotatable bonds is 4. The molecule has 0 aliphatic heterocycles. The summed E-state index contributed by atoms with van der Waals surface area (Å²) in [5.74, 6) is -0.295. The minimum Gasteiger partial charge on any atom is -0.316 e. The van der Waals surface area contributed by atoms with E-state index in [0.717, 1.165) is 0 Å². The number of nitriles is 2. The van der Waals surface area contributed by atoms with Gasteiger partial charge in [-0.1, -0.05) is 29.3 Å². The van der Waals surface area contributed by atoms with Crippen LogP contribution >= 0.6 is 23.2 Å². The predicted molar refractivity (Wildman–Crippen MR) is 68.0 cm³/mol. The van der Waals surface area contributed by atoms with Crippen molar-refractivity contribution in [3.8, 4) is 12.1 Å². The van der Waals surface area contributed by atoms with Crippen molar-refractivity contribution in [2.75, 3.05) is 13.1 Å². The Hall–Kier alpha value is -1.75. The maximum absolute atomic E-state index is 11.8. The summed E-state index contributed by atoms with van der Waals surface area (Å²) in [6.07, 6.45) is 0.0836. The fraction of sp³-hybridized carbons (Fsp3) is 0.250. The summed E-state index contributed by atoms with van der Waals surface area (Å²) in [7, 11) is 0. The third kappa shape index (κ3) is 3.92. The van der Waals surface area contributed by atoms with Crippen molar-refractivity contribution in [3.63, 3.8) is 0 Å². The molecule has 6 heteroatoms. The second-order valence-corrected chi connectivity index (χ2v) is 4.31. The Morgan fingerprint density at radius 2 is 1.78 bits per heavy atom. The summed E-state index contributed by atoms with van der Waals surface area (Å²) in [5.41, 5.74) is 0.690. The molecule has 0 radical (unpaired) electrons. The van der Waals surface area contributed by atoms with Crippen molar-refractivity contribution >= 4 is 29.1 Å². The Kier molecular flexibility index (Phi) is 5.45. The molecule has 18 heavy (non-hydrogen) atoms. The normalized spacial score (nSPS) is 9.33. The van der Waals surface area contributed by atoms with Gasteiger partial charge in [0.05, 0.1) is 28.6 Å². The molecule has 0 saturated carbocycles. The summed E-state index contributed by atoms with van der Waals surface area (Å²) in [4.78, 5) is 13.0. The summed E-state index contributed by atoms with van der Waals surface area (Å²) >= 11 is 11.6. The Bertz CT molecular complexity index is 515. The Balaban J connectivity index is 2.77. The Morgan fingerprint density at radius 3 is 2.28 bits per heavy atom. The van der Waals surface area contributed by atoms with Gasteiger partial charge >= 0.3 is 0 Å². The fourth-order valence-corrected chi connectivity index (χ4v) is 1.66. The fourth-order valence-electron chi connectivity index (χ4n) is 1.34. The number of nitrogens with zero attached hydrogens (tertiary/aromatic N) is 3. The average molecular weight is 282 g/mol. The SMILES string of the molecule is N#CCN(CC#N)C(=O)Cc1ccc(Cl)c(Cl)c1. The van der Waals surface area contributed by atoms with Gasteiger partial charge in [-0.05, 0) is 17.7 Å². The van der Waals surface area contributed by atoms with Gasteiger partial charge in [0.2, 0.25) is 5.91 Å². The van der Waals surface area contributed by atoms with Gasteiger partial charge in [0.15, 0.2) is 0 Å². The molecule has 0 unspecified atom stereocenters. The minimum absolute atomic E-state index is 0.0836. The number of hydrogen-bond donors (Lipinski definition) is 0. The molecule has 0 atom stereocenters. The van der Waals surface area contributed by atoms with Crippen molar-refractivity contribution in [1.29, 1.82) is 10.5 Å². The van der Waals surface area contributed by atoms with Crippen molar-refractivity contribution in [1.82, 2.24) is 4.90 Å². The first kappa shape index (κ1) is 14.3. The van der Waals surface area contributed by atoms with E-state index in [9.17, 15) is 4.79 Å². The quantitative estimate of drug-likeness (QED) is 0.796. The molecule has 0 aliphatic rings. The number of amides is 1. The first-order chi connectivity index (χ1) is 8.58. The maximum Gasteiger partial charge on any atom is 0.228 e. The van der Waals surface area contributed by atoms with Crippen molar-refractivity contribution in [2.24, 2.45) is 0 Å². The van der Waals surface area contributed by atoms with Crippen LogP contribution < -0.4 is 0 Å². The van der Waals surface area contributed by atoms with E-state index in [0.29, 0.717) is 15.6 Å². The lowest BCUT2D eigenvalue weighted by atomic mass is 10.1. The zero-order valence-corrected chi connectivity index (χ0v) is 10.9. The lowest BCUT2D eigenvalue weighted by molar-refractivity contribution is -0.129. The van der Waals surface area contributed by atoms with Gasteiger partial charge in [-0.2, -0.15) is 10.5 Å². The van der Waals surface area contributed by atoms with Crippen LogP contribution in [0.3, 0.4) is 0 Å².